The van der Waals surface area contributed by atoms with Crippen molar-refractivity contribution in [2.24, 2.45) is 5.73 Å². The number of para-hydroxylation sites is 1. The summed E-state index contributed by atoms with van der Waals surface area (Å²) < 4.78 is 5.60. The highest BCUT2D eigenvalue weighted by molar-refractivity contribution is 7.80. The lowest BCUT2D eigenvalue weighted by atomic mass is 10.0. The van der Waals surface area contributed by atoms with Crippen molar-refractivity contribution in [1.29, 1.82) is 0 Å². The molecule has 0 bridgehead atoms. The van der Waals surface area contributed by atoms with Gasteiger partial charge in [0.15, 0.2) is 0 Å². The van der Waals surface area contributed by atoms with Gasteiger partial charge in [-0.1, -0.05) is 24.4 Å². The molecular weight excluding hydrogens is 288 g/mol. The van der Waals surface area contributed by atoms with Crippen LogP contribution >= 0.6 is 12.2 Å². The number of benzene rings is 1. The summed E-state index contributed by atoms with van der Waals surface area (Å²) in [6.45, 7) is 4.35. The number of nitrogens with two attached hydrogens (primary N) is 1. The number of thiocarbonyl (C=S) groups is 1. The largest absolute Gasteiger partial charge is 0.490 e. The zero-order valence-corrected chi connectivity index (χ0v) is 13.6. The molecule has 0 saturated heterocycles. The lowest BCUT2D eigenvalue weighted by molar-refractivity contribution is 0.0193. The molecule has 0 aliphatic heterocycles. The van der Waals surface area contributed by atoms with E-state index >= 15 is 0 Å². The number of aliphatic hydroxyl groups excluding tert-OH is 2. The molecule has 4 N–H and O–H groups in total. The maximum atomic E-state index is 10.1. The van der Waals surface area contributed by atoms with Gasteiger partial charge in [-0.25, -0.2) is 0 Å². The summed E-state index contributed by atoms with van der Waals surface area (Å²) in [7, 11) is 1.85. The van der Waals surface area contributed by atoms with E-state index in [0.717, 1.165) is 0 Å². The van der Waals surface area contributed by atoms with E-state index in [9.17, 15) is 10.2 Å². The highest BCUT2D eigenvalue weighted by atomic mass is 32.1. The summed E-state index contributed by atoms with van der Waals surface area (Å²) >= 11 is 4.96. The number of nitrogens with zero attached hydrogens (tertiary/aromatic N) is 1. The third kappa shape index (κ3) is 5.24. The Bertz CT molecular complexity index is 480. The van der Waals surface area contributed by atoms with Gasteiger partial charge < -0.3 is 20.7 Å². The molecule has 1 atom stereocenters. The van der Waals surface area contributed by atoms with E-state index in [1.54, 1.807) is 12.1 Å². The second-order valence-electron chi connectivity index (χ2n) is 5.68. The molecule has 1 aromatic rings. The maximum Gasteiger partial charge on any atom is 0.129 e. The van der Waals surface area contributed by atoms with Crippen LogP contribution in [0, 0.1) is 0 Å². The molecule has 1 unspecified atom stereocenters. The Hall–Kier alpha value is -1.21. The highest BCUT2D eigenvalue weighted by Gasteiger charge is 2.24. The number of rotatable bonds is 8. The molecule has 118 valence electrons. The van der Waals surface area contributed by atoms with Gasteiger partial charge in [-0.2, -0.15) is 0 Å². The van der Waals surface area contributed by atoms with Gasteiger partial charge in [0.25, 0.3) is 0 Å². The van der Waals surface area contributed by atoms with Crippen LogP contribution in [0.15, 0.2) is 24.3 Å². The van der Waals surface area contributed by atoms with Crippen LogP contribution in [0.4, 0.5) is 0 Å². The summed E-state index contributed by atoms with van der Waals surface area (Å²) in [6.07, 6.45) is -0.680. The zero-order valence-electron chi connectivity index (χ0n) is 12.7. The SMILES string of the molecule is CN(CC(O)COc1ccccc1C(N)=S)C(C)(C)CO. The molecule has 0 aromatic heterocycles. The standard InChI is InChI=1S/C15H24N2O3S/c1-15(2,10-18)17(3)8-11(19)9-20-13-7-5-4-6-12(13)14(16)21/h4-7,11,18-19H,8-10H2,1-3H3,(H2,16,21). The van der Waals surface area contributed by atoms with Crippen molar-refractivity contribution in [3.8, 4) is 5.75 Å². The summed E-state index contributed by atoms with van der Waals surface area (Å²) in [4.78, 5) is 2.15. The van der Waals surface area contributed by atoms with Gasteiger partial charge in [0.2, 0.25) is 0 Å². The van der Waals surface area contributed by atoms with Gasteiger partial charge in [0.1, 0.15) is 23.4 Å². The first-order valence-electron chi connectivity index (χ1n) is 6.79. The predicted molar refractivity (Wildman–Crippen MR) is 87.6 cm³/mol. The predicted octanol–water partition coefficient (Wildman–Crippen LogP) is 0.763. The minimum absolute atomic E-state index is 0.0152. The third-order valence-electron chi connectivity index (χ3n) is 3.49. The molecular formula is C15H24N2O3S. The lowest BCUT2D eigenvalue weighted by Gasteiger charge is -2.35. The molecule has 5 nitrogen and oxygen atoms in total. The summed E-state index contributed by atoms with van der Waals surface area (Å²) in [6, 6.07) is 7.20. The van der Waals surface area contributed by atoms with Crippen LogP contribution in [-0.2, 0) is 0 Å². The fourth-order valence-corrected chi connectivity index (χ4v) is 1.89. The maximum absolute atomic E-state index is 10.1. The van der Waals surface area contributed by atoms with Crippen LogP contribution < -0.4 is 10.5 Å². The van der Waals surface area contributed by atoms with Crippen LogP contribution in [0.3, 0.4) is 0 Å². The Morgan fingerprint density at radius 1 is 1.43 bits per heavy atom. The van der Waals surface area contributed by atoms with Gasteiger partial charge in [-0.05, 0) is 33.0 Å². The van der Waals surface area contributed by atoms with Crippen molar-refractivity contribution in [2.75, 3.05) is 26.8 Å². The van der Waals surface area contributed by atoms with E-state index < -0.39 is 11.6 Å². The molecule has 0 saturated carbocycles. The molecule has 0 amide bonds. The quantitative estimate of drug-likeness (QED) is 0.615. The topological polar surface area (TPSA) is 79.0 Å². The Morgan fingerprint density at radius 2 is 2.05 bits per heavy atom. The first-order valence-corrected chi connectivity index (χ1v) is 7.20. The fraction of sp³-hybridized carbons (Fsp3) is 0.533. The fourth-order valence-electron chi connectivity index (χ4n) is 1.72. The van der Waals surface area contributed by atoms with E-state index in [1.807, 2.05) is 37.9 Å². The smallest absolute Gasteiger partial charge is 0.129 e. The summed E-state index contributed by atoms with van der Waals surface area (Å²) in [5.74, 6) is 0.563. The second-order valence-corrected chi connectivity index (χ2v) is 6.12. The Morgan fingerprint density at radius 3 is 2.62 bits per heavy atom. The molecule has 0 heterocycles. The molecule has 21 heavy (non-hydrogen) atoms. The van der Waals surface area contributed by atoms with Crippen molar-refractivity contribution in [2.45, 2.75) is 25.5 Å². The molecule has 0 aliphatic rings. The number of ether oxygens (including phenoxy) is 1. The number of hydrogen-bond donors (Lipinski definition) is 3. The number of β-amino-alcohol motifs (C(OH)–C–C–N with tert-alkyl or cyclic N) is 1. The number of likely N-dealkylation sites (N-methyl/N-ethyl adjacent to an activating group) is 1. The first-order chi connectivity index (χ1) is 9.77. The van der Waals surface area contributed by atoms with Gasteiger partial charge in [0, 0.05) is 12.1 Å². The summed E-state index contributed by atoms with van der Waals surface area (Å²) in [5, 5.41) is 19.4. The third-order valence-corrected chi connectivity index (χ3v) is 3.71. The van der Waals surface area contributed by atoms with Crippen LogP contribution in [0.25, 0.3) is 0 Å². The second kappa shape index (κ2) is 7.70. The van der Waals surface area contributed by atoms with Crippen LogP contribution in [-0.4, -0.2) is 58.6 Å². The molecule has 6 heteroatoms. The zero-order chi connectivity index (χ0) is 16.0. The Balaban J connectivity index is 2.58. The van der Waals surface area contributed by atoms with E-state index in [1.165, 1.54) is 0 Å². The van der Waals surface area contributed by atoms with Crippen molar-refractivity contribution >= 4 is 17.2 Å². The minimum atomic E-state index is -0.680. The van der Waals surface area contributed by atoms with E-state index in [4.69, 9.17) is 22.7 Å². The monoisotopic (exact) mass is 312 g/mol. The number of aliphatic hydroxyl groups is 2. The van der Waals surface area contributed by atoms with Gasteiger partial charge in [-0.15, -0.1) is 0 Å². The van der Waals surface area contributed by atoms with Crippen molar-refractivity contribution in [3.63, 3.8) is 0 Å². The minimum Gasteiger partial charge on any atom is -0.490 e. The average molecular weight is 312 g/mol. The van der Waals surface area contributed by atoms with Crippen molar-refractivity contribution < 1.29 is 14.9 Å². The first kappa shape index (κ1) is 17.8. The average Bonchev–Trinajstić information content (AvgIpc) is 2.45. The molecule has 0 radical (unpaired) electrons. The number of hydrogen-bond acceptors (Lipinski definition) is 5. The lowest BCUT2D eigenvalue weighted by Crippen LogP contribution is -2.48. The van der Waals surface area contributed by atoms with E-state index in [-0.39, 0.29) is 18.2 Å². The van der Waals surface area contributed by atoms with Gasteiger partial charge in [0.05, 0.1) is 12.2 Å². The van der Waals surface area contributed by atoms with Gasteiger partial charge >= 0.3 is 0 Å². The molecule has 0 spiro atoms. The Kier molecular flexibility index (Phi) is 6.54. The molecule has 0 fully saturated rings. The Labute approximate surface area is 131 Å². The van der Waals surface area contributed by atoms with Crippen molar-refractivity contribution in [3.05, 3.63) is 29.8 Å². The van der Waals surface area contributed by atoms with Gasteiger partial charge in [-0.3, -0.25) is 4.90 Å². The van der Waals surface area contributed by atoms with Crippen LogP contribution in [0.2, 0.25) is 0 Å². The van der Waals surface area contributed by atoms with E-state index in [2.05, 4.69) is 0 Å². The summed E-state index contributed by atoms with van der Waals surface area (Å²) in [5.41, 5.74) is 5.89. The van der Waals surface area contributed by atoms with Crippen LogP contribution in [0.1, 0.15) is 19.4 Å². The molecule has 0 aliphatic carbocycles. The molecule has 1 rings (SSSR count). The van der Waals surface area contributed by atoms with Crippen molar-refractivity contribution in [1.82, 2.24) is 4.90 Å². The van der Waals surface area contributed by atoms with Crippen LogP contribution in [0.5, 0.6) is 5.75 Å². The normalized spacial score (nSPS) is 13.2. The molecule has 1 aromatic carbocycles. The van der Waals surface area contributed by atoms with E-state index in [0.29, 0.717) is 17.9 Å². The highest BCUT2D eigenvalue weighted by Crippen LogP contribution is 2.18.